The molecule has 0 fully saturated rings. The van der Waals surface area contributed by atoms with Crippen molar-refractivity contribution in [2.45, 2.75) is 18.9 Å². The summed E-state index contributed by atoms with van der Waals surface area (Å²) in [7, 11) is 0. The first-order valence-corrected chi connectivity index (χ1v) is 7.09. The molecule has 1 amide bonds. The van der Waals surface area contributed by atoms with E-state index in [9.17, 15) is 9.18 Å². The first kappa shape index (κ1) is 13.8. The van der Waals surface area contributed by atoms with Crippen LogP contribution in [0, 0.1) is 5.82 Å². The first-order chi connectivity index (χ1) is 10.2. The van der Waals surface area contributed by atoms with Crippen LogP contribution >= 0.6 is 0 Å². The second kappa shape index (κ2) is 6.06. The van der Waals surface area contributed by atoms with Crippen LogP contribution in [0.15, 0.2) is 48.5 Å². The molecule has 108 valence electrons. The maximum Gasteiger partial charge on any atom is 0.226 e. The highest BCUT2D eigenvalue weighted by atomic mass is 19.1. The molecule has 0 aromatic heterocycles. The van der Waals surface area contributed by atoms with Crippen molar-refractivity contribution >= 4 is 11.6 Å². The Morgan fingerprint density at radius 2 is 1.95 bits per heavy atom. The van der Waals surface area contributed by atoms with Crippen LogP contribution in [0.4, 0.5) is 10.1 Å². The summed E-state index contributed by atoms with van der Waals surface area (Å²) < 4.78 is 13.5. The van der Waals surface area contributed by atoms with Crippen LogP contribution in [-0.2, 0) is 11.2 Å². The average molecular weight is 284 g/mol. The second-order valence-corrected chi connectivity index (χ2v) is 5.19. The first-order valence-electron chi connectivity index (χ1n) is 7.09. The molecule has 21 heavy (non-hydrogen) atoms. The number of carbonyl (C=O) groups excluding carboxylic acids is 1. The number of halogens is 1. The monoisotopic (exact) mass is 284 g/mol. The van der Waals surface area contributed by atoms with E-state index < -0.39 is 5.82 Å². The molecule has 1 atom stereocenters. The lowest BCUT2D eigenvalue weighted by molar-refractivity contribution is -0.116. The Hall–Kier alpha value is -2.20. The van der Waals surface area contributed by atoms with Gasteiger partial charge in [0.05, 0.1) is 5.69 Å². The Balaban J connectivity index is 1.70. The zero-order chi connectivity index (χ0) is 14.7. The Morgan fingerprint density at radius 3 is 2.81 bits per heavy atom. The average Bonchev–Trinajstić information content (AvgIpc) is 2.50. The maximum atomic E-state index is 13.5. The number of carbonyl (C=O) groups is 1. The Morgan fingerprint density at radius 1 is 1.19 bits per heavy atom. The van der Waals surface area contributed by atoms with Gasteiger partial charge in [-0.05, 0) is 36.2 Å². The van der Waals surface area contributed by atoms with E-state index in [0.29, 0.717) is 6.42 Å². The molecule has 1 aliphatic rings. The maximum absolute atomic E-state index is 13.5. The van der Waals surface area contributed by atoms with Gasteiger partial charge in [0.15, 0.2) is 0 Å². The molecule has 3 rings (SSSR count). The smallest absolute Gasteiger partial charge is 0.226 e. The van der Waals surface area contributed by atoms with E-state index >= 15 is 0 Å². The van der Waals surface area contributed by atoms with E-state index in [1.165, 1.54) is 11.6 Å². The third kappa shape index (κ3) is 3.11. The number of hydrogen-bond acceptors (Lipinski definition) is 2. The summed E-state index contributed by atoms with van der Waals surface area (Å²) in [4.78, 5) is 12.1. The van der Waals surface area contributed by atoms with Crippen molar-refractivity contribution in [2.24, 2.45) is 0 Å². The summed E-state index contributed by atoms with van der Waals surface area (Å²) in [6.45, 7) is 0.856. The largest absolute Gasteiger partial charge is 0.324 e. The number of nitrogens with one attached hydrogen (secondary N) is 2. The van der Waals surface area contributed by atoms with Gasteiger partial charge in [0.1, 0.15) is 5.82 Å². The molecule has 1 unspecified atom stereocenters. The topological polar surface area (TPSA) is 41.1 Å². The van der Waals surface area contributed by atoms with Crippen molar-refractivity contribution in [3.05, 3.63) is 65.5 Å². The summed E-state index contributed by atoms with van der Waals surface area (Å²) >= 11 is 0. The minimum Gasteiger partial charge on any atom is -0.324 e. The van der Waals surface area contributed by atoms with Crippen molar-refractivity contribution < 1.29 is 9.18 Å². The van der Waals surface area contributed by atoms with E-state index in [-0.39, 0.29) is 17.6 Å². The van der Waals surface area contributed by atoms with Gasteiger partial charge < -0.3 is 10.6 Å². The molecule has 0 spiro atoms. The predicted octanol–water partition coefficient (Wildman–Crippen LogP) is 3.04. The zero-order valence-corrected chi connectivity index (χ0v) is 11.6. The molecule has 2 aromatic rings. The molecule has 0 saturated carbocycles. The molecule has 1 heterocycles. The molecule has 2 aromatic carbocycles. The van der Waals surface area contributed by atoms with Gasteiger partial charge in [-0.1, -0.05) is 36.4 Å². The van der Waals surface area contributed by atoms with Gasteiger partial charge in [0.25, 0.3) is 0 Å². The number of benzene rings is 2. The molecule has 0 saturated heterocycles. The third-order valence-corrected chi connectivity index (χ3v) is 3.75. The Labute approximate surface area is 123 Å². The van der Waals surface area contributed by atoms with Crippen LogP contribution in [0.25, 0.3) is 0 Å². The van der Waals surface area contributed by atoms with Crippen LogP contribution in [0.1, 0.15) is 23.6 Å². The summed E-state index contributed by atoms with van der Waals surface area (Å²) in [6.07, 6.45) is 1.27. The zero-order valence-electron chi connectivity index (χ0n) is 11.6. The normalized spacial score (nSPS) is 17.1. The summed E-state index contributed by atoms with van der Waals surface area (Å²) in [5.74, 6) is -0.600. The van der Waals surface area contributed by atoms with Crippen molar-refractivity contribution in [2.75, 3.05) is 11.9 Å². The predicted molar refractivity (Wildman–Crippen MR) is 80.5 cm³/mol. The fraction of sp³-hybridized carbons (Fsp3) is 0.235. The lowest BCUT2D eigenvalue weighted by Gasteiger charge is -2.26. The lowest BCUT2D eigenvalue weighted by atomic mass is 9.92. The van der Waals surface area contributed by atoms with Crippen LogP contribution in [0.5, 0.6) is 0 Å². The molecular formula is C17H17FN2O. The highest BCUT2D eigenvalue weighted by Crippen LogP contribution is 2.25. The molecule has 3 nitrogen and oxygen atoms in total. The highest BCUT2D eigenvalue weighted by molar-refractivity contribution is 5.91. The quantitative estimate of drug-likeness (QED) is 0.909. The lowest BCUT2D eigenvalue weighted by Crippen LogP contribution is -2.32. The number of amides is 1. The molecular weight excluding hydrogens is 267 g/mol. The molecule has 0 aliphatic carbocycles. The van der Waals surface area contributed by atoms with Gasteiger partial charge >= 0.3 is 0 Å². The minimum atomic E-state index is -0.414. The summed E-state index contributed by atoms with van der Waals surface area (Å²) in [5.41, 5.74) is 2.67. The van der Waals surface area contributed by atoms with Gasteiger partial charge in [-0.25, -0.2) is 4.39 Å². The molecule has 0 bridgehead atoms. The SMILES string of the molecule is O=C(CC1NCCc2ccccc21)Nc1ccccc1F. The van der Waals surface area contributed by atoms with E-state index in [4.69, 9.17) is 0 Å². The van der Waals surface area contributed by atoms with Gasteiger partial charge in [-0.15, -0.1) is 0 Å². The molecule has 0 radical (unpaired) electrons. The Bertz CT molecular complexity index is 657. The standard InChI is InChI=1S/C17H17FN2O/c18-14-7-3-4-8-15(14)20-17(21)11-16-13-6-2-1-5-12(13)9-10-19-16/h1-8,16,19H,9-11H2,(H,20,21). The number of fused-ring (bicyclic) bond motifs is 1. The summed E-state index contributed by atoms with van der Waals surface area (Å²) in [5, 5.41) is 5.99. The Kier molecular flexibility index (Phi) is 3.97. The van der Waals surface area contributed by atoms with Crippen molar-refractivity contribution in [3.63, 3.8) is 0 Å². The van der Waals surface area contributed by atoms with Crippen molar-refractivity contribution in [1.29, 1.82) is 0 Å². The van der Waals surface area contributed by atoms with Crippen LogP contribution in [0.3, 0.4) is 0 Å². The van der Waals surface area contributed by atoms with Gasteiger partial charge in [0.2, 0.25) is 5.91 Å². The van der Waals surface area contributed by atoms with E-state index in [0.717, 1.165) is 18.5 Å². The number of anilines is 1. The van der Waals surface area contributed by atoms with Crippen molar-refractivity contribution in [3.8, 4) is 0 Å². The second-order valence-electron chi connectivity index (χ2n) is 5.19. The van der Waals surface area contributed by atoms with E-state index in [1.54, 1.807) is 18.2 Å². The van der Waals surface area contributed by atoms with Crippen LogP contribution in [0.2, 0.25) is 0 Å². The van der Waals surface area contributed by atoms with Crippen LogP contribution in [-0.4, -0.2) is 12.5 Å². The van der Waals surface area contributed by atoms with Crippen LogP contribution < -0.4 is 10.6 Å². The number of para-hydroxylation sites is 1. The third-order valence-electron chi connectivity index (χ3n) is 3.75. The molecule has 2 N–H and O–H groups in total. The summed E-state index contributed by atoms with van der Waals surface area (Å²) in [6, 6.07) is 14.3. The number of rotatable bonds is 3. The highest BCUT2D eigenvalue weighted by Gasteiger charge is 2.22. The minimum absolute atomic E-state index is 0.0123. The van der Waals surface area contributed by atoms with Gasteiger partial charge in [-0.3, -0.25) is 4.79 Å². The fourth-order valence-electron chi connectivity index (χ4n) is 2.72. The van der Waals surface area contributed by atoms with E-state index in [1.807, 2.05) is 18.2 Å². The molecule has 1 aliphatic heterocycles. The number of hydrogen-bond donors (Lipinski definition) is 2. The fourth-order valence-corrected chi connectivity index (χ4v) is 2.72. The molecule has 4 heteroatoms. The van der Waals surface area contributed by atoms with Crippen molar-refractivity contribution in [1.82, 2.24) is 5.32 Å². The van der Waals surface area contributed by atoms with Gasteiger partial charge in [-0.2, -0.15) is 0 Å². The van der Waals surface area contributed by atoms with E-state index in [2.05, 4.69) is 16.7 Å². The van der Waals surface area contributed by atoms with Gasteiger partial charge in [0, 0.05) is 12.5 Å².